The third-order valence-corrected chi connectivity index (χ3v) is 7.78. The molecule has 7 heteroatoms. The zero-order valence-corrected chi connectivity index (χ0v) is 15.9. The number of hydrogen-bond acceptors (Lipinski definition) is 4. The van der Waals surface area contributed by atoms with E-state index in [-0.39, 0.29) is 12.1 Å². The van der Waals surface area contributed by atoms with Crippen LogP contribution < -0.4 is 10.6 Å². The van der Waals surface area contributed by atoms with E-state index in [9.17, 15) is 9.59 Å². The number of carbonyl (C=O) groups is 2. The van der Waals surface area contributed by atoms with Crippen LogP contribution in [0.4, 0.5) is 4.79 Å². The van der Waals surface area contributed by atoms with Gasteiger partial charge >= 0.3 is 6.03 Å². The van der Waals surface area contributed by atoms with E-state index in [1.165, 1.54) is 5.56 Å². The number of nitrogens with one attached hydrogen (secondary N) is 2. The average Bonchev–Trinajstić information content (AvgIpc) is 3.35. The lowest BCUT2D eigenvalue weighted by Gasteiger charge is -2.24. The molecule has 3 saturated heterocycles. The molecule has 1 aromatic rings. The van der Waals surface area contributed by atoms with Crippen molar-refractivity contribution in [3.8, 4) is 0 Å². The second-order valence-corrected chi connectivity index (χ2v) is 9.22. The van der Waals surface area contributed by atoms with Gasteiger partial charge in [-0.25, -0.2) is 4.79 Å². The summed E-state index contributed by atoms with van der Waals surface area (Å²) < 4.78 is 0. The summed E-state index contributed by atoms with van der Waals surface area (Å²) >= 11 is 3.66. The van der Waals surface area contributed by atoms with Gasteiger partial charge in [-0.15, -0.1) is 0 Å². The smallest absolute Gasteiger partial charge is 0.315 e. The monoisotopic (exact) mass is 379 g/mol. The minimum Gasteiger partial charge on any atom is -0.336 e. The lowest BCUT2D eigenvalue weighted by Crippen LogP contribution is -2.36. The molecule has 1 aromatic heterocycles. The first kappa shape index (κ1) is 17.2. The summed E-state index contributed by atoms with van der Waals surface area (Å²) in [6.07, 6.45) is 5.93. The number of thioether (sulfide) groups is 1. The highest BCUT2D eigenvalue weighted by atomic mass is 32.2. The first-order chi connectivity index (χ1) is 12.2. The van der Waals surface area contributed by atoms with E-state index in [1.807, 2.05) is 11.8 Å². The van der Waals surface area contributed by atoms with Gasteiger partial charge in [-0.1, -0.05) is 6.42 Å². The second-order valence-electron chi connectivity index (χ2n) is 7.17. The Morgan fingerprint density at radius 3 is 3.08 bits per heavy atom. The fourth-order valence-electron chi connectivity index (χ4n) is 4.28. The van der Waals surface area contributed by atoms with E-state index in [1.54, 1.807) is 11.3 Å². The van der Waals surface area contributed by atoms with Crippen molar-refractivity contribution in [1.29, 1.82) is 0 Å². The quantitative estimate of drug-likeness (QED) is 0.590. The molecule has 0 spiro atoms. The molecule has 0 bridgehead atoms. The van der Waals surface area contributed by atoms with Crippen LogP contribution in [0.5, 0.6) is 0 Å². The molecule has 0 aliphatic carbocycles. The van der Waals surface area contributed by atoms with Gasteiger partial charge in [0.15, 0.2) is 0 Å². The number of urea groups is 1. The predicted molar refractivity (Wildman–Crippen MR) is 102 cm³/mol. The van der Waals surface area contributed by atoms with Crippen molar-refractivity contribution < 1.29 is 9.59 Å². The van der Waals surface area contributed by atoms with Crippen LogP contribution in [-0.4, -0.2) is 46.5 Å². The molecule has 136 valence electrons. The number of nitrogens with zero attached hydrogens (tertiary/aromatic N) is 1. The first-order valence-corrected chi connectivity index (χ1v) is 11.2. The highest BCUT2D eigenvalue weighted by molar-refractivity contribution is 8.00. The van der Waals surface area contributed by atoms with Crippen molar-refractivity contribution >= 4 is 35.0 Å². The number of carbonyl (C=O) groups excluding carboxylic acids is 2. The van der Waals surface area contributed by atoms with Gasteiger partial charge in [0, 0.05) is 24.0 Å². The maximum atomic E-state index is 12.6. The SMILES string of the molecule is O=C1N[C@H]2[C@H](CS[C@H]2CCCCC(=O)N2CCC[C@@H]2c2ccsc2)N1. The minimum absolute atomic E-state index is 0.0241. The largest absolute Gasteiger partial charge is 0.336 e. The Bertz CT molecular complexity index is 622. The van der Waals surface area contributed by atoms with Crippen LogP contribution >= 0.6 is 23.1 Å². The Labute approximate surface area is 156 Å². The molecular weight excluding hydrogens is 354 g/mol. The standard InChI is InChI=1S/C18H25N3O2S2/c22-16(21-8-3-4-14(21)12-7-9-24-10-12)6-2-1-5-15-17-13(11-25-15)19-18(23)20-17/h7,9-10,13-15,17H,1-6,8,11H2,(H2,19,20,23)/t13-,14+,15-,17-/m0/s1. The van der Waals surface area contributed by atoms with E-state index < -0.39 is 0 Å². The maximum absolute atomic E-state index is 12.6. The molecule has 5 nitrogen and oxygen atoms in total. The van der Waals surface area contributed by atoms with Gasteiger partial charge in [0.05, 0.1) is 18.1 Å². The molecule has 4 rings (SSSR count). The highest BCUT2D eigenvalue weighted by Crippen LogP contribution is 2.35. The van der Waals surface area contributed by atoms with Crippen LogP contribution in [0.25, 0.3) is 0 Å². The van der Waals surface area contributed by atoms with E-state index in [0.717, 1.165) is 44.4 Å². The van der Waals surface area contributed by atoms with E-state index in [0.29, 0.717) is 29.7 Å². The molecule has 3 fully saturated rings. The van der Waals surface area contributed by atoms with E-state index in [2.05, 4.69) is 32.4 Å². The topological polar surface area (TPSA) is 61.4 Å². The number of rotatable bonds is 6. The summed E-state index contributed by atoms with van der Waals surface area (Å²) in [6.45, 7) is 0.902. The lowest BCUT2D eigenvalue weighted by atomic mass is 10.0. The molecule has 25 heavy (non-hydrogen) atoms. The van der Waals surface area contributed by atoms with Gasteiger partial charge in [0.1, 0.15) is 0 Å². The van der Waals surface area contributed by atoms with Crippen LogP contribution in [0.3, 0.4) is 0 Å². The minimum atomic E-state index is -0.0241. The molecule has 4 heterocycles. The van der Waals surface area contributed by atoms with Crippen LogP contribution in [0.1, 0.15) is 50.1 Å². The third kappa shape index (κ3) is 3.67. The zero-order valence-electron chi connectivity index (χ0n) is 14.3. The Morgan fingerprint density at radius 2 is 2.24 bits per heavy atom. The van der Waals surface area contributed by atoms with Crippen LogP contribution in [0.2, 0.25) is 0 Å². The first-order valence-electron chi connectivity index (χ1n) is 9.22. The Hall–Kier alpha value is -1.21. The van der Waals surface area contributed by atoms with E-state index in [4.69, 9.17) is 0 Å². The molecule has 2 N–H and O–H groups in total. The number of likely N-dealkylation sites (tertiary alicyclic amines) is 1. The number of hydrogen-bond donors (Lipinski definition) is 2. The second kappa shape index (κ2) is 7.58. The van der Waals surface area contributed by atoms with Crippen molar-refractivity contribution in [2.24, 2.45) is 0 Å². The van der Waals surface area contributed by atoms with E-state index >= 15 is 0 Å². The van der Waals surface area contributed by atoms with Crippen molar-refractivity contribution in [1.82, 2.24) is 15.5 Å². The molecule has 0 saturated carbocycles. The summed E-state index contributed by atoms with van der Waals surface area (Å²) in [4.78, 5) is 26.1. The number of fused-ring (bicyclic) bond motifs is 1. The van der Waals surface area contributed by atoms with Gasteiger partial charge < -0.3 is 15.5 Å². The normalized spacial score (nSPS) is 31.0. The molecule has 3 amide bonds. The molecule has 3 aliphatic rings. The van der Waals surface area contributed by atoms with Gasteiger partial charge in [0.2, 0.25) is 5.91 Å². The van der Waals surface area contributed by atoms with Gasteiger partial charge in [0.25, 0.3) is 0 Å². The summed E-state index contributed by atoms with van der Waals surface area (Å²) in [5, 5.41) is 10.8. The summed E-state index contributed by atoms with van der Waals surface area (Å²) in [6, 6.07) is 2.99. The lowest BCUT2D eigenvalue weighted by molar-refractivity contribution is -0.132. The molecule has 4 atom stereocenters. The Kier molecular flexibility index (Phi) is 5.22. The van der Waals surface area contributed by atoms with Crippen LogP contribution in [0.15, 0.2) is 16.8 Å². The van der Waals surface area contributed by atoms with Crippen LogP contribution in [-0.2, 0) is 4.79 Å². The fourth-order valence-corrected chi connectivity index (χ4v) is 6.54. The van der Waals surface area contributed by atoms with Crippen molar-refractivity contribution in [3.63, 3.8) is 0 Å². The highest BCUT2D eigenvalue weighted by Gasteiger charge is 2.42. The number of unbranched alkanes of at least 4 members (excludes halogenated alkanes) is 1. The maximum Gasteiger partial charge on any atom is 0.315 e. The number of thiophene rings is 1. The van der Waals surface area contributed by atoms with Gasteiger partial charge in [-0.2, -0.15) is 23.1 Å². The Morgan fingerprint density at radius 1 is 1.32 bits per heavy atom. The third-order valence-electron chi connectivity index (χ3n) is 5.57. The molecule has 0 unspecified atom stereocenters. The average molecular weight is 380 g/mol. The summed E-state index contributed by atoms with van der Waals surface area (Å²) in [5.41, 5.74) is 1.30. The Balaban J connectivity index is 1.21. The zero-order chi connectivity index (χ0) is 17.2. The van der Waals surface area contributed by atoms with Crippen molar-refractivity contribution in [2.45, 2.75) is 61.9 Å². The fraction of sp³-hybridized carbons (Fsp3) is 0.667. The van der Waals surface area contributed by atoms with Crippen molar-refractivity contribution in [2.75, 3.05) is 12.3 Å². The predicted octanol–water partition coefficient (Wildman–Crippen LogP) is 3.14. The van der Waals surface area contributed by atoms with Gasteiger partial charge in [-0.3, -0.25) is 4.79 Å². The summed E-state index contributed by atoms with van der Waals surface area (Å²) in [5.74, 6) is 1.31. The number of amides is 3. The molecule has 0 aromatic carbocycles. The molecule has 3 aliphatic heterocycles. The van der Waals surface area contributed by atoms with Crippen molar-refractivity contribution in [3.05, 3.63) is 22.4 Å². The van der Waals surface area contributed by atoms with Gasteiger partial charge in [-0.05, 0) is 48.1 Å². The van der Waals surface area contributed by atoms with Crippen LogP contribution in [0, 0.1) is 0 Å². The molecular formula is C18H25N3O2S2. The summed E-state index contributed by atoms with van der Waals surface area (Å²) in [7, 11) is 0. The molecule has 0 radical (unpaired) electrons.